The Morgan fingerprint density at radius 1 is 1.31 bits per heavy atom. The number of nitrogens with zero attached hydrogens (tertiary/aromatic N) is 3. The summed E-state index contributed by atoms with van der Waals surface area (Å²) in [6.45, 7) is 4.36. The molecule has 0 fully saturated rings. The number of aryl methyl sites for hydroxylation is 1. The monoisotopic (exact) mass is 220 g/mol. The van der Waals surface area contributed by atoms with Gasteiger partial charge in [-0.25, -0.2) is 0 Å². The molecule has 1 rings (SSSR count). The first-order valence-corrected chi connectivity index (χ1v) is 5.41. The minimum Gasteiger partial charge on any atom is -0.395 e. The van der Waals surface area contributed by atoms with Gasteiger partial charge in [0.2, 0.25) is 0 Å². The Kier molecular flexibility index (Phi) is 4.67. The summed E-state index contributed by atoms with van der Waals surface area (Å²) in [6.07, 6.45) is 1.53. The average molecular weight is 220 g/mol. The first-order valence-electron chi connectivity index (χ1n) is 5.41. The Morgan fingerprint density at radius 2 is 2.06 bits per heavy atom. The lowest BCUT2D eigenvalue weighted by molar-refractivity contribution is 0.311. The van der Waals surface area contributed by atoms with E-state index in [1.807, 2.05) is 13.8 Å². The third kappa shape index (κ3) is 2.47. The van der Waals surface area contributed by atoms with Crippen molar-refractivity contribution in [1.82, 2.24) is 10.2 Å². The third-order valence-electron chi connectivity index (χ3n) is 2.36. The molecular weight excluding hydrogens is 204 g/mol. The van der Waals surface area contributed by atoms with Crippen LogP contribution in [0.25, 0.3) is 0 Å². The zero-order valence-electron chi connectivity index (χ0n) is 9.62. The minimum atomic E-state index is 0.00351. The highest BCUT2D eigenvalue weighted by molar-refractivity contribution is 5.56. The molecule has 0 saturated heterocycles. The van der Waals surface area contributed by atoms with Crippen molar-refractivity contribution in [1.29, 1.82) is 5.26 Å². The molecule has 86 valence electrons. The Balaban J connectivity index is 3.16. The smallest absolute Gasteiger partial charge is 0.167 e. The van der Waals surface area contributed by atoms with Gasteiger partial charge in [-0.3, -0.25) is 0 Å². The van der Waals surface area contributed by atoms with Crippen LogP contribution in [0.5, 0.6) is 0 Å². The van der Waals surface area contributed by atoms with Gasteiger partial charge in [-0.05, 0) is 18.4 Å². The number of hydrogen-bond donors (Lipinski definition) is 2. The van der Waals surface area contributed by atoms with E-state index in [9.17, 15) is 0 Å². The number of anilines is 1. The Labute approximate surface area is 95.1 Å². The molecule has 16 heavy (non-hydrogen) atoms. The summed E-state index contributed by atoms with van der Waals surface area (Å²) in [5, 5.41) is 28.8. The molecule has 5 heteroatoms. The number of nitriles is 1. The van der Waals surface area contributed by atoms with Crippen LogP contribution in [0.1, 0.15) is 30.7 Å². The molecule has 1 aromatic heterocycles. The number of aliphatic hydroxyl groups excluding tert-OH is 1. The van der Waals surface area contributed by atoms with Crippen LogP contribution in [0.2, 0.25) is 0 Å². The second kappa shape index (κ2) is 6.03. The molecule has 0 atom stereocenters. The number of rotatable bonds is 5. The van der Waals surface area contributed by atoms with Crippen LogP contribution in [0, 0.1) is 11.3 Å². The average Bonchev–Trinajstić information content (AvgIpc) is 2.34. The fourth-order valence-electron chi connectivity index (χ4n) is 1.59. The molecule has 0 aliphatic carbocycles. The highest BCUT2D eigenvalue weighted by Crippen LogP contribution is 2.19. The zero-order chi connectivity index (χ0) is 12.0. The van der Waals surface area contributed by atoms with Crippen molar-refractivity contribution in [2.75, 3.05) is 18.5 Å². The molecule has 0 saturated carbocycles. The molecule has 0 spiro atoms. The molecule has 1 heterocycles. The highest BCUT2D eigenvalue weighted by atomic mass is 16.3. The maximum atomic E-state index is 9.13. The van der Waals surface area contributed by atoms with Gasteiger partial charge in [0, 0.05) is 6.54 Å². The van der Waals surface area contributed by atoms with E-state index in [1.54, 1.807) is 0 Å². The van der Waals surface area contributed by atoms with Crippen LogP contribution in [0.15, 0.2) is 0 Å². The topological polar surface area (TPSA) is 81.8 Å². The van der Waals surface area contributed by atoms with E-state index in [4.69, 9.17) is 10.4 Å². The number of hydrogen-bond acceptors (Lipinski definition) is 5. The van der Waals surface area contributed by atoms with E-state index >= 15 is 0 Å². The summed E-state index contributed by atoms with van der Waals surface area (Å²) in [4.78, 5) is 0. The molecule has 0 unspecified atom stereocenters. The SMILES string of the molecule is CCc1nnc(NCCO)c(C#N)c1CC. The van der Waals surface area contributed by atoms with Crippen molar-refractivity contribution in [3.8, 4) is 6.07 Å². The lowest BCUT2D eigenvalue weighted by atomic mass is 10.0. The molecule has 0 bridgehead atoms. The molecule has 0 amide bonds. The standard InChI is InChI=1S/C11H16N4O/c1-3-8-9(7-12)11(13-5-6-16)15-14-10(8)4-2/h16H,3-6H2,1-2H3,(H,13,15). The van der Waals surface area contributed by atoms with Gasteiger partial charge in [-0.1, -0.05) is 13.8 Å². The Bertz CT molecular complexity index is 398. The zero-order valence-corrected chi connectivity index (χ0v) is 9.62. The maximum Gasteiger partial charge on any atom is 0.167 e. The number of nitrogens with one attached hydrogen (secondary N) is 1. The maximum absolute atomic E-state index is 9.13. The van der Waals surface area contributed by atoms with Gasteiger partial charge in [0.05, 0.1) is 12.3 Å². The van der Waals surface area contributed by atoms with Gasteiger partial charge in [-0.15, -0.1) is 5.10 Å². The summed E-state index contributed by atoms with van der Waals surface area (Å²) in [6, 6.07) is 2.15. The van der Waals surface area contributed by atoms with Crippen LogP contribution < -0.4 is 5.32 Å². The van der Waals surface area contributed by atoms with Gasteiger partial charge in [-0.2, -0.15) is 10.4 Å². The van der Waals surface area contributed by atoms with Gasteiger partial charge in [0.25, 0.3) is 0 Å². The highest BCUT2D eigenvalue weighted by Gasteiger charge is 2.13. The number of aromatic nitrogens is 2. The van der Waals surface area contributed by atoms with E-state index in [0.29, 0.717) is 17.9 Å². The quantitative estimate of drug-likeness (QED) is 0.769. The molecule has 0 aromatic carbocycles. The van der Waals surface area contributed by atoms with Crippen molar-refractivity contribution in [3.05, 3.63) is 16.8 Å². The minimum absolute atomic E-state index is 0.00351. The van der Waals surface area contributed by atoms with Crippen LogP contribution in [0.4, 0.5) is 5.82 Å². The first-order chi connectivity index (χ1) is 7.78. The van der Waals surface area contributed by atoms with Gasteiger partial charge >= 0.3 is 0 Å². The van der Waals surface area contributed by atoms with Gasteiger partial charge in [0.15, 0.2) is 5.82 Å². The lowest BCUT2D eigenvalue weighted by Crippen LogP contribution is -2.12. The van der Waals surface area contributed by atoms with Crippen molar-refractivity contribution < 1.29 is 5.11 Å². The van der Waals surface area contributed by atoms with E-state index < -0.39 is 0 Å². The molecule has 0 radical (unpaired) electrons. The summed E-state index contributed by atoms with van der Waals surface area (Å²) in [5.74, 6) is 0.464. The summed E-state index contributed by atoms with van der Waals surface area (Å²) < 4.78 is 0. The third-order valence-corrected chi connectivity index (χ3v) is 2.36. The first kappa shape index (κ1) is 12.4. The lowest BCUT2D eigenvalue weighted by Gasteiger charge is -2.10. The van der Waals surface area contributed by atoms with E-state index in [0.717, 1.165) is 24.1 Å². The summed E-state index contributed by atoms with van der Waals surface area (Å²) >= 11 is 0. The van der Waals surface area contributed by atoms with Crippen LogP contribution in [0.3, 0.4) is 0 Å². The van der Waals surface area contributed by atoms with Gasteiger partial charge in [0.1, 0.15) is 11.6 Å². The second-order valence-electron chi connectivity index (χ2n) is 3.32. The normalized spacial score (nSPS) is 9.88. The molecule has 2 N–H and O–H groups in total. The van der Waals surface area contributed by atoms with E-state index in [1.165, 1.54) is 0 Å². The fourth-order valence-corrected chi connectivity index (χ4v) is 1.59. The van der Waals surface area contributed by atoms with E-state index in [2.05, 4.69) is 21.6 Å². The van der Waals surface area contributed by atoms with E-state index in [-0.39, 0.29) is 6.61 Å². The van der Waals surface area contributed by atoms with Crippen molar-refractivity contribution >= 4 is 5.82 Å². The molecule has 5 nitrogen and oxygen atoms in total. The summed E-state index contributed by atoms with van der Waals surface area (Å²) in [7, 11) is 0. The van der Waals surface area contributed by atoms with Crippen molar-refractivity contribution in [2.45, 2.75) is 26.7 Å². The van der Waals surface area contributed by atoms with Crippen molar-refractivity contribution in [2.24, 2.45) is 0 Å². The van der Waals surface area contributed by atoms with Crippen LogP contribution in [-0.4, -0.2) is 28.5 Å². The molecular formula is C11H16N4O. The van der Waals surface area contributed by atoms with Crippen LogP contribution >= 0.6 is 0 Å². The molecule has 1 aromatic rings. The predicted molar refractivity (Wildman–Crippen MR) is 61.1 cm³/mol. The Morgan fingerprint density at radius 3 is 2.56 bits per heavy atom. The Hall–Kier alpha value is -1.67. The van der Waals surface area contributed by atoms with Crippen molar-refractivity contribution in [3.63, 3.8) is 0 Å². The molecule has 0 aliphatic heterocycles. The van der Waals surface area contributed by atoms with Crippen LogP contribution in [-0.2, 0) is 12.8 Å². The summed E-state index contributed by atoms with van der Waals surface area (Å²) in [5.41, 5.74) is 2.36. The fraction of sp³-hybridized carbons (Fsp3) is 0.545. The molecule has 0 aliphatic rings. The predicted octanol–water partition coefficient (Wildman–Crippen LogP) is 0.877. The largest absolute Gasteiger partial charge is 0.395 e. The second-order valence-corrected chi connectivity index (χ2v) is 3.32. The number of aliphatic hydroxyl groups is 1. The van der Waals surface area contributed by atoms with Gasteiger partial charge < -0.3 is 10.4 Å².